The fourth-order valence-corrected chi connectivity index (χ4v) is 2.57. The number of ether oxygens (including phenoxy) is 1. The first kappa shape index (κ1) is 13.9. The van der Waals surface area contributed by atoms with Crippen molar-refractivity contribution in [1.29, 1.82) is 0 Å². The molecule has 0 bridgehead atoms. The van der Waals surface area contributed by atoms with Gasteiger partial charge in [-0.2, -0.15) is 0 Å². The van der Waals surface area contributed by atoms with Crippen molar-refractivity contribution in [3.63, 3.8) is 0 Å². The van der Waals surface area contributed by atoms with Crippen LogP contribution in [-0.4, -0.2) is 30.4 Å². The Hall–Kier alpha value is -1.55. The lowest BCUT2D eigenvalue weighted by atomic mass is 10.0. The SMILES string of the molecule is COC(=O)C(c1ccccc1Cl)N1CCCCC1=O. The minimum absolute atomic E-state index is 0.0263. The number of carbonyl (C=O) groups excluding carboxylic acids is 2. The van der Waals surface area contributed by atoms with Gasteiger partial charge in [-0.15, -0.1) is 0 Å². The number of likely N-dealkylation sites (tertiary alicyclic amines) is 1. The van der Waals surface area contributed by atoms with Crippen molar-refractivity contribution in [2.45, 2.75) is 25.3 Å². The van der Waals surface area contributed by atoms with Crippen LogP contribution in [0.1, 0.15) is 30.9 Å². The molecule has 19 heavy (non-hydrogen) atoms. The first-order valence-corrected chi connectivity index (χ1v) is 6.64. The fourth-order valence-electron chi connectivity index (χ4n) is 2.33. The van der Waals surface area contributed by atoms with E-state index in [1.165, 1.54) is 7.11 Å². The van der Waals surface area contributed by atoms with Crippen LogP contribution < -0.4 is 0 Å². The zero-order valence-electron chi connectivity index (χ0n) is 10.8. The number of amides is 1. The van der Waals surface area contributed by atoms with Gasteiger partial charge in [0.15, 0.2) is 6.04 Å². The Bertz CT molecular complexity index is 489. The van der Waals surface area contributed by atoms with Gasteiger partial charge in [0.25, 0.3) is 0 Å². The monoisotopic (exact) mass is 281 g/mol. The molecule has 1 aliphatic rings. The zero-order valence-corrected chi connectivity index (χ0v) is 11.5. The van der Waals surface area contributed by atoms with E-state index in [9.17, 15) is 9.59 Å². The van der Waals surface area contributed by atoms with E-state index in [4.69, 9.17) is 16.3 Å². The summed E-state index contributed by atoms with van der Waals surface area (Å²) in [6, 6.07) is 6.31. The topological polar surface area (TPSA) is 46.6 Å². The second kappa shape index (κ2) is 6.06. The molecular weight excluding hydrogens is 266 g/mol. The van der Waals surface area contributed by atoms with Crippen LogP contribution in [0.15, 0.2) is 24.3 Å². The summed E-state index contributed by atoms with van der Waals surface area (Å²) >= 11 is 6.14. The Morgan fingerprint density at radius 2 is 2.11 bits per heavy atom. The van der Waals surface area contributed by atoms with Gasteiger partial charge in [-0.05, 0) is 18.9 Å². The van der Waals surface area contributed by atoms with E-state index in [0.29, 0.717) is 23.6 Å². The van der Waals surface area contributed by atoms with Crippen LogP contribution in [0.5, 0.6) is 0 Å². The number of piperidine rings is 1. The van der Waals surface area contributed by atoms with Gasteiger partial charge in [0, 0.05) is 23.6 Å². The highest BCUT2D eigenvalue weighted by molar-refractivity contribution is 6.31. The molecule has 1 heterocycles. The van der Waals surface area contributed by atoms with Crippen LogP contribution in [0.2, 0.25) is 5.02 Å². The summed E-state index contributed by atoms with van der Waals surface area (Å²) in [7, 11) is 1.32. The summed E-state index contributed by atoms with van der Waals surface area (Å²) in [6.07, 6.45) is 2.23. The highest BCUT2D eigenvalue weighted by Crippen LogP contribution is 2.31. The molecule has 0 saturated carbocycles. The van der Waals surface area contributed by atoms with Crippen LogP contribution in [0.25, 0.3) is 0 Å². The molecule has 1 amide bonds. The number of hydrogen-bond donors (Lipinski definition) is 0. The average molecular weight is 282 g/mol. The van der Waals surface area contributed by atoms with Gasteiger partial charge in [-0.1, -0.05) is 29.8 Å². The number of halogens is 1. The molecule has 0 spiro atoms. The van der Waals surface area contributed by atoms with Gasteiger partial charge < -0.3 is 9.64 Å². The molecule has 1 atom stereocenters. The molecule has 0 radical (unpaired) electrons. The minimum Gasteiger partial charge on any atom is -0.467 e. The first-order valence-electron chi connectivity index (χ1n) is 6.27. The standard InChI is InChI=1S/C14H16ClNO3/c1-19-14(18)13(10-6-2-3-7-11(10)15)16-9-5-4-8-12(16)17/h2-3,6-7,13H,4-5,8-9H2,1H3. The van der Waals surface area contributed by atoms with Crippen molar-refractivity contribution in [3.8, 4) is 0 Å². The summed E-state index contributed by atoms with van der Waals surface area (Å²) in [5.41, 5.74) is 0.617. The van der Waals surface area contributed by atoms with Crippen LogP contribution in [0.3, 0.4) is 0 Å². The summed E-state index contributed by atoms with van der Waals surface area (Å²) in [5.74, 6) is -0.482. The lowest BCUT2D eigenvalue weighted by Crippen LogP contribution is -2.42. The maximum Gasteiger partial charge on any atom is 0.333 e. The highest BCUT2D eigenvalue weighted by Gasteiger charge is 2.34. The molecule has 5 heteroatoms. The third-order valence-corrected chi connectivity index (χ3v) is 3.64. The number of benzene rings is 1. The molecule has 0 aromatic heterocycles. The normalized spacial score (nSPS) is 17.2. The average Bonchev–Trinajstić information content (AvgIpc) is 2.43. The molecule has 0 aliphatic carbocycles. The van der Waals surface area contributed by atoms with E-state index in [-0.39, 0.29) is 5.91 Å². The Morgan fingerprint density at radius 1 is 1.37 bits per heavy atom. The number of rotatable bonds is 3. The number of esters is 1. The number of hydrogen-bond acceptors (Lipinski definition) is 3. The first-order chi connectivity index (χ1) is 9.15. The summed E-state index contributed by atoms with van der Waals surface area (Å²) in [4.78, 5) is 25.6. The van der Waals surface area contributed by atoms with Gasteiger partial charge in [0.2, 0.25) is 5.91 Å². The quantitative estimate of drug-likeness (QED) is 0.800. The van der Waals surface area contributed by atoms with Crippen molar-refractivity contribution in [1.82, 2.24) is 4.90 Å². The molecular formula is C14H16ClNO3. The smallest absolute Gasteiger partial charge is 0.333 e. The van der Waals surface area contributed by atoms with Crippen molar-refractivity contribution >= 4 is 23.5 Å². The summed E-state index contributed by atoms with van der Waals surface area (Å²) in [5, 5.41) is 0.469. The molecule has 1 aliphatic heterocycles. The Balaban J connectivity index is 2.38. The number of methoxy groups -OCH3 is 1. The van der Waals surface area contributed by atoms with Crippen molar-refractivity contribution in [3.05, 3.63) is 34.9 Å². The second-order valence-electron chi connectivity index (χ2n) is 4.49. The van der Waals surface area contributed by atoms with Crippen LogP contribution in [-0.2, 0) is 14.3 Å². The third kappa shape index (κ3) is 2.89. The maximum atomic E-state index is 12.0. The van der Waals surface area contributed by atoms with E-state index in [1.54, 1.807) is 29.2 Å². The Morgan fingerprint density at radius 3 is 2.74 bits per heavy atom. The Kier molecular flexibility index (Phi) is 4.43. The molecule has 102 valence electrons. The lowest BCUT2D eigenvalue weighted by molar-refractivity contribution is -0.154. The zero-order chi connectivity index (χ0) is 13.8. The van der Waals surface area contributed by atoms with Gasteiger partial charge >= 0.3 is 5.97 Å². The maximum absolute atomic E-state index is 12.0. The molecule has 1 aromatic rings. The van der Waals surface area contributed by atoms with Gasteiger partial charge in [-0.25, -0.2) is 4.79 Å². The predicted octanol–water partition coefficient (Wildman–Crippen LogP) is 2.57. The molecule has 1 unspecified atom stereocenters. The fraction of sp³-hybridized carbons (Fsp3) is 0.429. The van der Waals surface area contributed by atoms with Crippen molar-refractivity contribution in [2.75, 3.05) is 13.7 Å². The van der Waals surface area contributed by atoms with Gasteiger partial charge in [0.1, 0.15) is 0 Å². The van der Waals surface area contributed by atoms with E-state index >= 15 is 0 Å². The lowest BCUT2D eigenvalue weighted by Gasteiger charge is -2.33. The van der Waals surface area contributed by atoms with Crippen molar-refractivity contribution in [2.24, 2.45) is 0 Å². The van der Waals surface area contributed by atoms with Gasteiger partial charge in [-0.3, -0.25) is 4.79 Å². The van der Waals surface area contributed by atoms with E-state index in [2.05, 4.69) is 0 Å². The second-order valence-corrected chi connectivity index (χ2v) is 4.90. The largest absolute Gasteiger partial charge is 0.467 e. The number of nitrogens with zero attached hydrogens (tertiary/aromatic N) is 1. The molecule has 1 saturated heterocycles. The molecule has 4 nitrogen and oxygen atoms in total. The van der Waals surface area contributed by atoms with E-state index < -0.39 is 12.0 Å². The molecule has 1 fully saturated rings. The summed E-state index contributed by atoms with van der Waals surface area (Å²) < 4.78 is 4.83. The number of carbonyl (C=O) groups is 2. The summed E-state index contributed by atoms with van der Waals surface area (Å²) in [6.45, 7) is 0.559. The van der Waals surface area contributed by atoms with Crippen LogP contribution in [0, 0.1) is 0 Å². The van der Waals surface area contributed by atoms with Crippen LogP contribution in [0.4, 0.5) is 0 Å². The Labute approximate surface area is 117 Å². The molecule has 0 N–H and O–H groups in total. The highest BCUT2D eigenvalue weighted by atomic mass is 35.5. The van der Waals surface area contributed by atoms with Gasteiger partial charge in [0.05, 0.1) is 7.11 Å². The predicted molar refractivity (Wildman–Crippen MR) is 71.8 cm³/mol. The molecule has 1 aromatic carbocycles. The molecule has 2 rings (SSSR count). The van der Waals surface area contributed by atoms with E-state index in [0.717, 1.165) is 12.8 Å². The van der Waals surface area contributed by atoms with Crippen molar-refractivity contribution < 1.29 is 14.3 Å². The van der Waals surface area contributed by atoms with E-state index in [1.807, 2.05) is 0 Å². The van der Waals surface area contributed by atoms with Crippen LogP contribution >= 0.6 is 11.6 Å². The minimum atomic E-state index is -0.744. The third-order valence-electron chi connectivity index (χ3n) is 3.30.